The SMILES string of the molecule is Cc1ccccc1N(c1ccc(-c2ccc(/C=C/c3ccc(N(c4ccccc4)c4ccccc4)cc3)cc2)cc1)c1ccc(C(C)(C)C)cc1. The zero-order valence-corrected chi connectivity index (χ0v) is 29.9. The average Bonchev–Trinajstić information content (AvgIpc) is 3.17. The number of rotatable bonds is 9. The molecule has 0 atom stereocenters. The molecule has 0 saturated heterocycles. The maximum atomic E-state index is 2.35. The lowest BCUT2D eigenvalue weighted by Crippen LogP contribution is -2.13. The van der Waals surface area contributed by atoms with E-state index >= 15 is 0 Å². The zero-order chi connectivity index (χ0) is 35.2. The van der Waals surface area contributed by atoms with Crippen molar-refractivity contribution in [3.63, 3.8) is 0 Å². The third-order valence-corrected chi connectivity index (χ3v) is 9.37. The predicted octanol–water partition coefficient (Wildman–Crippen LogP) is 14.1. The normalized spacial score (nSPS) is 11.5. The number of anilines is 6. The highest BCUT2D eigenvalue weighted by atomic mass is 15.1. The van der Waals surface area contributed by atoms with Crippen LogP contribution < -0.4 is 9.80 Å². The van der Waals surface area contributed by atoms with Crippen LogP contribution in [0.1, 0.15) is 43.0 Å². The molecule has 0 N–H and O–H groups in total. The molecule has 0 bridgehead atoms. The van der Waals surface area contributed by atoms with Gasteiger partial charge in [0, 0.05) is 34.1 Å². The van der Waals surface area contributed by atoms with Crippen LogP contribution in [0.4, 0.5) is 34.1 Å². The fraction of sp³-hybridized carbons (Fsp3) is 0.102. The molecule has 0 aliphatic heterocycles. The summed E-state index contributed by atoms with van der Waals surface area (Å²) in [5, 5.41) is 0. The van der Waals surface area contributed by atoms with E-state index in [2.05, 4.69) is 232 Å². The van der Waals surface area contributed by atoms with Crippen LogP contribution in [0.15, 0.2) is 182 Å². The molecule has 0 radical (unpaired) electrons. The first kappa shape index (κ1) is 33.4. The molecule has 7 aromatic carbocycles. The van der Waals surface area contributed by atoms with Gasteiger partial charge in [-0.2, -0.15) is 0 Å². The first-order valence-electron chi connectivity index (χ1n) is 17.7. The van der Waals surface area contributed by atoms with Crippen molar-refractivity contribution in [2.75, 3.05) is 9.80 Å². The quantitative estimate of drug-likeness (QED) is 0.142. The lowest BCUT2D eigenvalue weighted by Gasteiger charge is -2.28. The third-order valence-electron chi connectivity index (χ3n) is 9.37. The van der Waals surface area contributed by atoms with E-state index in [1.54, 1.807) is 0 Å². The van der Waals surface area contributed by atoms with E-state index in [0.717, 1.165) is 34.0 Å². The third kappa shape index (κ3) is 7.71. The second kappa shape index (κ2) is 14.8. The molecule has 2 nitrogen and oxygen atoms in total. The summed E-state index contributed by atoms with van der Waals surface area (Å²) < 4.78 is 0. The Morgan fingerprint density at radius 1 is 0.373 bits per heavy atom. The van der Waals surface area contributed by atoms with Gasteiger partial charge >= 0.3 is 0 Å². The van der Waals surface area contributed by atoms with Gasteiger partial charge in [0.2, 0.25) is 0 Å². The molecule has 250 valence electrons. The second-order valence-electron chi connectivity index (χ2n) is 14.0. The van der Waals surface area contributed by atoms with Crippen LogP contribution in [0.25, 0.3) is 23.3 Å². The van der Waals surface area contributed by atoms with E-state index in [0.29, 0.717) is 0 Å². The van der Waals surface area contributed by atoms with E-state index in [-0.39, 0.29) is 5.41 Å². The molecule has 0 unspecified atom stereocenters. The van der Waals surface area contributed by atoms with Crippen molar-refractivity contribution >= 4 is 46.3 Å². The van der Waals surface area contributed by atoms with Crippen LogP contribution in [0.2, 0.25) is 0 Å². The summed E-state index contributed by atoms with van der Waals surface area (Å²) in [6, 6.07) is 65.0. The minimum absolute atomic E-state index is 0.110. The highest BCUT2D eigenvalue weighted by molar-refractivity contribution is 5.81. The molecule has 0 saturated carbocycles. The molecule has 0 amide bonds. The second-order valence-corrected chi connectivity index (χ2v) is 14.0. The zero-order valence-electron chi connectivity index (χ0n) is 29.9. The standard InChI is InChI=1S/C49H44N2/c1-37-13-11-12-18-48(37)51(47-35-29-42(30-36-47)49(2,3)4)46-33-27-41(28-34-46)40-25-21-38(22-26-40)19-20-39-23-31-45(32-24-39)50(43-14-7-5-8-15-43)44-16-9-6-10-17-44/h5-36H,1-4H3/b20-19+. The highest BCUT2D eigenvalue weighted by Gasteiger charge is 2.18. The summed E-state index contributed by atoms with van der Waals surface area (Å²) in [5.41, 5.74) is 14.3. The molecule has 0 aliphatic carbocycles. The monoisotopic (exact) mass is 660 g/mol. The first-order chi connectivity index (χ1) is 24.8. The van der Waals surface area contributed by atoms with Crippen molar-refractivity contribution in [2.24, 2.45) is 0 Å². The molecule has 7 rings (SSSR count). The van der Waals surface area contributed by atoms with Crippen molar-refractivity contribution in [3.05, 3.63) is 204 Å². The Balaban J connectivity index is 1.08. The van der Waals surface area contributed by atoms with E-state index in [1.807, 2.05) is 0 Å². The first-order valence-corrected chi connectivity index (χ1v) is 17.7. The number of hydrogen-bond donors (Lipinski definition) is 0. The summed E-state index contributed by atoms with van der Waals surface area (Å²) in [6.07, 6.45) is 4.36. The number of benzene rings is 7. The fourth-order valence-electron chi connectivity index (χ4n) is 6.47. The van der Waals surface area contributed by atoms with Gasteiger partial charge in [0.15, 0.2) is 0 Å². The van der Waals surface area contributed by atoms with E-state index in [9.17, 15) is 0 Å². The Bertz CT molecular complexity index is 2150. The van der Waals surface area contributed by atoms with Gasteiger partial charge in [-0.1, -0.05) is 148 Å². The Labute approximate surface area is 303 Å². The van der Waals surface area contributed by atoms with Gasteiger partial charge in [-0.3, -0.25) is 0 Å². The fourth-order valence-corrected chi connectivity index (χ4v) is 6.47. The van der Waals surface area contributed by atoms with Gasteiger partial charge in [-0.25, -0.2) is 0 Å². The molecule has 0 fully saturated rings. The highest BCUT2D eigenvalue weighted by Crippen LogP contribution is 2.39. The van der Waals surface area contributed by atoms with E-state index in [4.69, 9.17) is 0 Å². The Kier molecular flexibility index (Phi) is 9.67. The molecule has 2 heteroatoms. The topological polar surface area (TPSA) is 6.48 Å². The van der Waals surface area contributed by atoms with E-state index in [1.165, 1.54) is 33.5 Å². The van der Waals surface area contributed by atoms with Gasteiger partial charge in [0.05, 0.1) is 0 Å². The van der Waals surface area contributed by atoms with Gasteiger partial charge in [0.25, 0.3) is 0 Å². The predicted molar refractivity (Wildman–Crippen MR) is 220 cm³/mol. The molecule has 7 aromatic rings. The summed E-state index contributed by atoms with van der Waals surface area (Å²) in [5.74, 6) is 0. The van der Waals surface area contributed by atoms with Crippen LogP contribution in [0.5, 0.6) is 0 Å². The Morgan fingerprint density at radius 3 is 1.24 bits per heavy atom. The summed E-state index contributed by atoms with van der Waals surface area (Å²) in [4.78, 5) is 4.63. The summed E-state index contributed by atoms with van der Waals surface area (Å²) >= 11 is 0. The van der Waals surface area contributed by atoms with Crippen LogP contribution >= 0.6 is 0 Å². The average molecular weight is 661 g/mol. The van der Waals surface area contributed by atoms with Crippen LogP contribution in [-0.4, -0.2) is 0 Å². The van der Waals surface area contributed by atoms with Crippen molar-refractivity contribution < 1.29 is 0 Å². The van der Waals surface area contributed by atoms with Crippen LogP contribution in [0.3, 0.4) is 0 Å². The summed E-state index contributed by atoms with van der Waals surface area (Å²) in [6.45, 7) is 8.95. The molecular weight excluding hydrogens is 617 g/mol. The lowest BCUT2D eigenvalue weighted by atomic mass is 9.87. The van der Waals surface area contributed by atoms with E-state index < -0.39 is 0 Å². The number of aryl methyl sites for hydroxylation is 1. The minimum atomic E-state index is 0.110. The number of hydrogen-bond acceptors (Lipinski definition) is 2. The van der Waals surface area contributed by atoms with Gasteiger partial charge in [0.1, 0.15) is 0 Å². The van der Waals surface area contributed by atoms with Crippen LogP contribution in [0, 0.1) is 6.92 Å². The maximum absolute atomic E-state index is 2.35. The maximum Gasteiger partial charge on any atom is 0.0490 e. The smallest absolute Gasteiger partial charge is 0.0490 e. The van der Waals surface area contributed by atoms with Crippen molar-refractivity contribution in [3.8, 4) is 11.1 Å². The molecule has 0 aromatic heterocycles. The van der Waals surface area contributed by atoms with Crippen LogP contribution in [-0.2, 0) is 5.41 Å². The number of nitrogens with zero attached hydrogens (tertiary/aromatic N) is 2. The molecular formula is C49H44N2. The molecule has 51 heavy (non-hydrogen) atoms. The molecule has 0 heterocycles. The van der Waals surface area contributed by atoms with Gasteiger partial charge < -0.3 is 9.80 Å². The van der Waals surface area contributed by atoms with Gasteiger partial charge in [-0.15, -0.1) is 0 Å². The Hall–Kier alpha value is -6.12. The largest absolute Gasteiger partial charge is 0.311 e. The molecule has 0 spiro atoms. The van der Waals surface area contributed by atoms with Crippen molar-refractivity contribution in [1.29, 1.82) is 0 Å². The molecule has 0 aliphatic rings. The number of para-hydroxylation sites is 3. The van der Waals surface area contributed by atoms with Crippen molar-refractivity contribution in [2.45, 2.75) is 33.1 Å². The van der Waals surface area contributed by atoms with Crippen molar-refractivity contribution in [1.82, 2.24) is 0 Å². The Morgan fingerprint density at radius 2 is 0.745 bits per heavy atom. The minimum Gasteiger partial charge on any atom is -0.311 e. The summed E-state index contributed by atoms with van der Waals surface area (Å²) in [7, 11) is 0. The lowest BCUT2D eigenvalue weighted by molar-refractivity contribution is 0.590. The van der Waals surface area contributed by atoms with Gasteiger partial charge in [-0.05, 0) is 112 Å².